The number of carbonyl (C=O) groups is 1. The second kappa shape index (κ2) is 9.50. The molecule has 0 fully saturated rings. The summed E-state index contributed by atoms with van der Waals surface area (Å²) in [5.41, 5.74) is 3.49. The van der Waals surface area contributed by atoms with Crippen molar-refractivity contribution in [3.8, 4) is 0 Å². The normalized spacial score (nSPS) is 13.4. The Morgan fingerprint density at radius 2 is 2.00 bits per heavy atom. The summed E-state index contributed by atoms with van der Waals surface area (Å²) in [5.74, 6) is -0.917. The first kappa shape index (κ1) is 22.0. The van der Waals surface area contributed by atoms with Crippen LogP contribution in [0.4, 0.5) is 5.13 Å². The summed E-state index contributed by atoms with van der Waals surface area (Å²) >= 11 is 1.63. The highest BCUT2D eigenvalue weighted by Gasteiger charge is 2.25. The standard InChI is InChI=1S/C24H27N5O2S/c1-4-20(28(2)3)22(29-12-11-25-15-29)18-9-10-19-21(13-18)32-24(27-19)26-14-16-5-7-17(8-6-16)23(30)31/h5-13,15,20,22H,4,14H2,1-3H3,(H,26,27)(H,30,31). The predicted octanol–water partition coefficient (Wildman–Crippen LogP) is 4.73. The zero-order chi connectivity index (χ0) is 22.7. The highest BCUT2D eigenvalue weighted by molar-refractivity contribution is 7.22. The van der Waals surface area contributed by atoms with Crippen LogP contribution in [0.2, 0.25) is 0 Å². The zero-order valence-corrected chi connectivity index (χ0v) is 19.2. The summed E-state index contributed by atoms with van der Waals surface area (Å²) in [6.07, 6.45) is 6.75. The third kappa shape index (κ3) is 4.66. The van der Waals surface area contributed by atoms with Gasteiger partial charge < -0.3 is 19.9 Å². The quantitative estimate of drug-likeness (QED) is 0.384. The second-order valence-corrected chi connectivity index (χ2v) is 9.03. The molecule has 0 bridgehead atoms. The molecule has 2 N–H and O–H groups in total. The number of hydrogen-bond acceptors (Lipinski definition) is 6. The van der Waals surface area contributed by atoms with Crippen LogP contribution in [0.3, 0.4) is 0 Å². The third-order valence-corrected chi connectivity index (χ3v) is 6.67. The number of thiazole rings is 1. The van der Waals surface area contributed by atoms with Crippen molar-refractivity contribution in [3.05, 3.63) is 77.9 Å². The molecule has 2 unspecified atom stereocenters. The molecular formula is C24H27N5O2S. The van der Waals surface area contributed by atoms with Crippen molar-refractivity contribution < 1.29 is 9.90 Å². The Hall–Kier alpha value is -3.23. The fourth-order valence-corrected chi connectivity index (χ4v) is 4.95. The molecule has 4 aromatic rings. The maximum Gasteiger partial charge on any atom is 0.335 e. The van der Waals surface area contributed by atoms with Crippen LogP contribution >= 0.6 is 11.3 Å². The van der Waals surface area contributed by atoms with Crippen molar-refractivity contribution in [2.75, 3.05) is 19.4 Å². The van der Waals surface area contributed by atoms with Crippen LogP contribution < -0.4 is 5.32 Å². The minimum Gasteiger partial charge on any atom is -0.478 e. The van der Waals surface area contributed by atoms with Gasteiger partial charge in [0.05, 0.1) is 28.1 Å². The zero-order valence-electron chi connectivity index (χ0n) is 18.4. The van der Waals surface area contributed by atoms with E-state index in [1.54, 1.807) is 23.5 Å². The number of carboxylic acid groups (broad SMARTS) is 1. The fraction of sp³-hybridized carbons (Fsp3) is 0.292. The average molecular weight is 450 g/mol. The largest absolute Gasteiger partial charge is 0.478 e. The number of aromatic nitrogens is 3. The molecule has 8 heteroatoms. The SMILES string of the molecule is CCC(C(c1ccc2nc(NCc3ccc(C(=O)O)cc3)sc2c1)n1ccnc1)N(C)C. The van der Waals surface area contributed by atoms with E-state index in [-0.39, 0.29) is 11.6 Å². The van der Waals surface area contributed by atoms with Gasteiger partial charge in [0, 0.05) is 25.0 Å². The van der Waals surface area contributed by atoms with E-state index in [1.165, 1.54) is 5.56 Å². The lowest BCUT2D eigenvalue weighted by Crippen LogP contribution is -2.36. The number of anilines is 1. The van der Waals surface area contributed by atoms with Crippen molar-refractivity contribution in [2.45, 2.75) is 32.0 Å². The number of carboxylic acids is 1. The molecule has 0 aliphatic carbocycles. The second-order valence-electron chi connectivity index (χ2n) is 8.00. The molecule has 0 aliphatic rings. The highest BCUT2D eigenvalue weighted by Crippen LogP contribution is 2.33. The van der Waals surface area contributed by atoms with Gasteiger partial charge in [0.25, 0.3) is 0 Å². The number of fused-ring (bicyclic) bond motifs is 1. The molecular weight excluding hydrogens is 422 g/mol. The Bertz CT molecular complexity index is 1190. The van der Waals surface area contributed by atoms with E-state index in [0.29, 0.717) is 12.6 Å². The number of rotatable bonds is 9. The molecule has 2 aromatic heterocycles. The first-order chi connectivity index (χ1) is 15.5. The van der Waals surface area contributed by atoms with E-state index in [9.17, 15) is 4.79 Å². The number of imidazole rings is 1. The van der Waals surface area contributed by atoms with Crippen molar-refractivity contribution in [1.29, 1.82) is 0 Å². The van der Waals surface area contributed by atoms with Gasteiger partial charge in [-0.3, -0.25) is 0 Å². The van der Waals surface area contributed by atoms with Gasteiger partial charge >= 0.3 is 5.97 Å². The molecule has 7 nitrogen and oxygen atoms in total. The molecule has 0 saturated carbocycles. The number of nitrogens with zero attached hydrogens (tertiary/aromatic N) is 4. The predicted molar refractivity (Wildman–Crippen MR) is 128 cm³/mol. The van der Waals surface area contributed by atoms with Crippen LogP contribution in [0.15, 0.2) is 61.2 Å². The smallest absolute Gasteiger partial charge is 0.335 e. The molecule has 4 rings (SSSR count). The van der Waals surface area contributed by atoms with E-state index in [2.05, 4.69) is 59.0 Å². The first-order valence-electron chi connectivity index (χ1n) is 10.6. The van der Waals surface area contributed by atoms with E-state index in [1.807, 2.05) is 30.9 Å². The summed E-state index contributed by atoms with van der Waals surface area (Å²) in [6.45, 7) is 2.80. The van der Waals surface area contributed by atoms with Gasteiger partial charge in [0.1, 0.15) is 0 Å². The topological polar surface area (TPSA) is 83.3 Å². The van der Waals surface area contributed by atoms with Crippen LogP contribution in [0, 0.1) is 0 Å². The molecule has 0 aliphatic heterocycles. The van der Waals surface area contributed by atoms with Gasteiger partial charge in [0.2, 0.25) is 0 Å². The van der Waals surface area contributed by atoms with Gasteiger partial charge in [0.15, 0.2) is 5.13 Å². The Kier molecular flexibility index (Phi) is 6.53. The molecule has 0 spiro atoms. The highest BCUT2D eigenvalue weighted by atomic mass is 32.1. The van der Waals surface area contributed by atoms with Crippen LogP contribution in [0.5, 0.6) is 0 Å². The van der Waals surface area contributed by atoms with Gasteiger partial charge in [-0.05, 0) is 55.9 Å². The fourth-order valence-electron chi connectivity index (χ4n) is 4.04. The molecule has 2 heterocycles. The van der Waals surface area contributed by atoms with Crippen molar-refractivity contribution in [2.24, 2.45) is 0 Å². The number of hydrogen-bond donors (Lipinski definition) is 2. The van der Waals surface area contributed by atoms with Crippen LogP contribution in [-0.2, 0) is 6.54 Å². The summed E-state index contributed by atoms with van der Waals surface area (Å²) < 4.78 is 3.31. The molecule has 0 radical (unpaired) electrons. The van der Waals surface area contributed by atoms with E-state index >= 15 is 0 Å². The summed E-state index contributed by atoms with van der Waals surface area (Å²) in [5, 5.41) is 13.2. The Morgan fingerprint density at radius 1 is 1.22 bits per heavy atom. The van der Waals surface area contributed by atoms with Crippen LogP contribution in [0.25, 0.3) is 10.2 Å². The summed E-state index contributed by atoms with van der Waals surface area (Å²) in [4.78, 5) is 22.3. The van der Waals surface area contributed by atoms with Gasteiger partial charge in [-0.2, -0.15) is 0 Å². The monoisotopic (exact) mass is 449 g/mol. The van der Waals surface area contributed by atoms with Crippen molar-refractivity contribution in [1.82, 2.24) is 19.4 Å². The Morgan fingerprint density at radius 3 is 2.62 bits per heavy atom. The summed E-state index contributed by atoms with van der Waals surface area (Å²) in [6, 6.07) is 13.9. The van der Waals surface area contributed by atoms with E-state index < -0.39 is 5.97 Å². The minimum absolute atomic E-state index is 0.160. The van der Waals surface area contributed by atoms with Crippen LogP contribution in [-0.4, -0.2) is 50.6 Å². The van der Waals surface area contributed by atoms with E-state index in [4.69, 9.17) is 10.1 Å². The van der Waals surface area contributed by atoms with Crippen LogP contribution in [0.1, 0.15) is 40.9 Å². The van der Waals surface area contributed by atoms with Gasteiger partial charge in [-0.25, -0.2) is 14.8 Å². The number of likely N-dealkylation sites (N-methyl/N-ethyl adjacent to an activating group) is 1. The molecule has 2 aromatic carbocycles. The third-order valence-electron chi connectivity index (χ3n) is 5.69. The van der Waals surface area contributed by atoms with Crippen molar-refractivity contribution >= 4 is 32.7 Å². The van der Waals surface area contributed by atoms with Crippen molar-refractivity contribution in [3.63, 3.8) is 0 Å². The summed E-state index contributed by atoms with van der Waals surface area (Å²) in [7, 11) is 4.24. The maximum atomic E-state index is 11.0. The number of benzene rings is 2. The minimum atomic E-state index is -0.917. The van der Waals surface area contributed by atoms with Gasteiger partial charge in [-0.15, -0.1) is 0 Å². The maximum absolute atomic E-state index is 11.0. The molecule has 0 saturated heterocycles. The Balaban J connectivity index is 1.57. The average Bonchev–Trinajstić information content (AvgIpc) is 3.45. The van der Waals surface area contributed by atoms with E-state index in [0.717, 1.165) is 27.3 Å². The lowest BCUT2D eigenvalue weighted by molar-refractivity contribution is 0.0697. The lowest BCUT2D eigenvalue weighted by Gasteiger charge is -2.33. The van der Waals surface area contributed by atoms with Gasteiger partial charge in [-0.1, -0.05) is 36.5 Å². The molecule has 2 atom stereocenters. The number of nitrogens with one attached hydrogen (secondary N) is 1. The Labute approximate surface area is 191 Å². The number of aromatic carboxylic acids is 1. The molecule has 0 amide bonds. The lowest BCUT2D eigenvalue weighted by atomic mass is 9.96. The molecule has 32 heavy (non-hydrogen) atoms. The molecule has 166 valence electrons. The first-order valence-corrected chi connectivity index (χ1v) is 11.4.